The van der Waals surface area contributed by atoms with Gasteiger partial charge in [-0.3, -0.25) is 4.90 Å². The number of rotatable bonds is 6. The van der Waals surface area contributed by atoms with Crippen molar-refractivity contribution in [3.05, 3.63) is 47.8 Å². The summed E-state index contributed by atoms with van der Waals surface area (Å²) in [6.45, 7) is 3.42. The van der Waals surface area contributed by atoms with Gasteiger partial charge in [-0.15, -0.1) is 0 Å². The van der Waals surface area contributed by atoms with Crippen molar-refractivity contribution in [1.82, 2.24) is 15.0 Å². The number of piperidine rings is 1. The maximum atomic E-state index is 5.95. The minimum atomic E-state index is 0.293. The zero-order valence-corrected chi connectivity index (χ0v) is 14.5. The van der Waals surface area contributed by atoms with Crippen LogP contribution in [0.3, 0.4) is 0 Å². The lowest BCUT2D eigenvalue weighted by Gasteiger charge is -2.30. The Labute approximate surface area is 146 Å². The van der Waals surface area contributed by atoms with Crippen molar-refractivity contribution >= 4 is 11.0 Å². The van der Waals surface area contributed by atoms with Gasteiger partial charge in [-0.2, -0.15) is 4.98 Å². The van der Waals surface area contributed by atoms with Crippen molar-refractivity contribution in [2.45, 2.75) is 31.7 Å². The third kappa shape index (κ3) is 3.75. The Morgan fingerprint density at radius 3 is 3.12 bits per heavy atom. The van der Waals surface area contributed by atoms with E-state index < -0.39 is 0 Å². The fourth-order valence-corrected chi connectivity index (χ4v) is 3.46. The Kier molecular flexibility index (Phi) is 4.81. The first-order valence-corrected chi connectivity index (χ1v) is 8.83. The minimum absolute atomic E-state index is 0.293. The number of hydrogen-bond acceptors (Lipinski definition) is 6. The topological polar surface area (TPSA) is 64.5 Å². The molecular formula is C19H23N3O3. The number of hydrogen-bond donors (Lipinski definition) is 0. The maximum Gasteiger partial charge on any atom is 0.231 e. The molecule has 0 spiro atoms. The van der Waals surface area contributed by atoms with Gasteiger partial charge in [-0.25, -0.2) is 0 Å². The summed E-state index contributed by atoms with van der Waals surface area (Å²) in [5.41, 5.74) is 0.950. The first kappa shape index (κ1) is 16.3. The number of nitrogens with zero attached hydrogens (tertiary/aromatic N) is 3. The molecular weight excluding hydrogens is 318 g/mol. The van der Waals surface area contributed by atoms with Crippen LogP contribution in [0.25, 0.3) is 11.0 Å². The lowest BCUT2D eigenvalue weighted by molar-refractivity contribution is 0.170. The normalized spacial score (nSPS) is 18.8. The van der Waals surface area contributed by atoms with Gasteiger partial charge in [0.05, 0.1) is 19.1 Å². The van der Waals surface area contributed by atoms with Gasteiger partial charge in [-0.1, -0.05) is 23.4 Å². The van der Waals surface area contributed by atoms with Crippen LogP contribution in [0, 0.1) is 0 Å². The summed E-state index contributed by atoms with van der Waals surface area (Å²) in [5.74, 6) is 2.78. The highest BCUT2D eigenvalue weighted by molar-refractivity contribution is 5.77. The fraction of sp³-hybridized carbons (Fsp3) is 0.474. The Hall–Kier alpha value is -2.18. The minimum Gasteiger partial charge on any atom is -0.460 e. The van der Waals surface area contributed by atoms with E-state index in [0.717, 1.165) is 60.9 Å². The molecule has 4 rings (SSSR count). The summed E-state index contributed by atoms with van der Waals surface area (Å²) < 4.78 is 16.5. The SMILES string of the molecule is COCCc1noc([C@H]2CCCN(Cc3cc4ccccc4o3)C2)n1. The molecule has 0 N–H and O–H groups in total. The Morgan fingerprint density at radius 1 is 1.32 bits per heavy atom. The Balaban J connectivity index is 1.41. The third-order valence-electron chi connectivity index (χ3n) is 4.72. The van der Waals surface area contributed by atoms with Gasteiger partial charge in [0.2, 0.25) is 5.89 Å². The van der Waals surface area contributed by atoms with E-state index in [1.807, 2.05) is 18.2 Å². The van der Waals surface area contributed by atoms with Gasteiger partial charge in [0.1, 0.15) is 11.3 Å². The average Bonchev–Trinajstić information content (AvgIpc) is 3.26. The maximum absolute atomic E-state index is 5.95. The predicted octanol–water partition coefficient (Wildman–Crippen LogP) is 3.38. The first-order valence-electron chi connectivity index (χ1n) is 8.83. The van der Waals surface area contributed by atoms with Crippen molar-refractivity contribution in [2.24, 2.45) is 0 Å². The molecule has 0 bridgehead atoms. The van der Waals surface area contributed by atoms with Gasteiger partial charge >= 0.3 is 0 Å². The van der Waals surface area contributed by atoms with E-state index in [-0.39, 0.29) is 0 Å². The van der Waals surface area contributed by atoms with Crippen LogP contribution in [0.15, 0.2) is 39.3 Å². The second-order valence-electron chi connectivity index (χ2n) is 6.62. The molecule has 0 radical (unpaired) electrons. The summed E-state index contributed by atoms with van der Waals surface area (Å²) >= 11 is 0. The van der Waals surface area contributed by atoms with Crippen LogP contribution >= 0.6 is 0 Å². The molecule has 0 unspecified atom stereocenters. The van der Waals surface area contributed by atoms with E-state index >= 15 is 0 Å². The van der Waals surface area contributed by atoms with Crippen molar-refractivity contribution in [2.75, 3.05) is 26.8 Å². The second-order valence-corrected chi connectivity index (χ2v) is 6.62. The number of para-hydroxylation sites is 1. The molecule has 1 aliphatic rings. The molecule has 1 aliphatic heterocycles. The number of likely N-dealkylation sites (tertiary alicyclic amines) is 1. The molecule has 0 aliphatic carbocycles. The molecule has 0 saturated carbocycles. The number of benzene rings is 1. The van der Waals surface area contributed by atoms with Gasteiger partial charge in [-0.05, 0) is 31.5 Å². The van der Waals surface area contributed by atoms with Crippen molar-refractivity contribution in [3.63, 3.8) is 0 Å². The van der Waals surface area contributed by atoms with Crippen LogP contribution in [0.5, 0.6) is 0 Å². The lowest BCUT2D eigenvalue weighted by atomic mass is 9.98. The van der Waals surface area contributed by atoms with E-state index in [2.05, 4.69) is 27.2 Å². The first-order chi connectivity index (χ1) is 12.3. The predicted molar refractivity (Wildman–Crippen MR) is 93.3 cm³/mol. The quantitative estimate of drug-likeness (QED) is 0.685. The molecule has 25 heavy (non-hydrogen) atoms. The van der Waals surface area contributed by atoms with Crippen LogP contribution < -0.4 is 0 Å². The highest BCUT2D eigenvalue weighted by Gasteiger charge is 2.26. The van der Waals surface area contributed by atoms with Crippen molar-refractivity contribution < 1.29 is 13.7 Å². The molecule has 6 nitrogen and oxygen atoms in total. The van der Waals surface area contributed by atoms with E-state index in [1.165, 1.54) is 0 Å². The monoisotopic (exact) mass is 341 g/mol. The zero-order chi connectivity index (χ0) is 17.1. The molecule has 1 fully saturated rings. The number of methoxy groups -OCH3 is 1. The average molecular weight is 341 g/mol. The summed E-state index contributed by atoms with van der Waals surface area (Å²) in [7, 11) is 1.68. The van der Waals surface area contributed by atoms with Crippen LogP contribution in [0.2, 0.25) is 0 Å². The third-order valence-corrected chi connectivity index (χ3v) is 4.72. The number of fused-ring (bicyclic) bond motifs is 1. The van der Waals surface area contributed by atoms with Gasteiger partial charge in [0.25, 0.3) is 0 Å². The molecule has 1 saturated heterocycles. The zero-order valence-electron chi connectivity index (χ0n) is 14.5. The molecule has 1 atom stereocenters. The number of furan rings is 1. The van der Waals surface area contributed by atoms with E-state index in [0.29, 0.717) is 18.9 Å². The van der Waals surface area contributed by atoms with E-state index in [9.17, 15) is 0 Å². The number of aromatic nitrogens is 2. The molecule has 0 amide bonds. The van der Waals surface area contributed by atoms with Crippen LogP contribution in [0.4, 0.5) is 0 Å². The second kappa shape index (κ2) is 7.37. The molecule has 6 heteroatoms. The summed E-state index contributed by atoms with van der Waals surface area (Å²) in [6.07, 6.45) is 2.90. The Bertz CT molecular complexity index is 793. The largest absolute Gasteiger partial charge is 0.460 e. The molecule has 1 aromatic carbocycles. The fourth-order valence-electron chi connectivity index (χ4n) is 3.46. The van der Waals surface area contributed by atoms with E-state index in [4.69, 9.17) is 13.7 Å². The van der Waals surface area contributed by atoms with Crippen molar-refractivity contribution in [1.29, 1.82) is 0 Å². The molecule has 3 aromatic rings. The highest BCUT2D eigenvalue weighted by atomic mass is 16.5. The van der Waals surface area contributed by atoms with Gasteiger partial charge in [0, 0.05) is 25.5 Å². The van der Waals surface area contributed by atoms with Gasteiger partial charge < -0.3 is 13.7 Å². The highest BCUT2D eigenvalue weighted by Crippen LogP contribution is 2.28. The summed E-state index contributed by atoms with van der Waals surface area (Å²) in [5, 5.41) is 5.22. The molecule has 132 valence electrons. The standard InChI is InChI=1S/C19H23N3O3/c1-23-10-8-18-20-19(25-21-18)15-6-4-9-22(12-15)13-16-11-14-5-2-3-7-17(14)24-16/h2-3,5,7,11,15H,4,6,8-10,12-13H2,1H3/t15-/m0/s1. The van der Waals surface area contributed by atoms with Crippen LogP contribution in [-0.4, -0.2) is 41.8 Å². The molecule has 2 aromatic heterocycles. The lowest BCUT2D eigenvalue weighted by Crippen LogP contribution is -2.33. The van der Waals surface area contributed by atoms with Crippen molar-refractivity contribution in [3.8, 4) is 0 Å². The number of ether oxygens (including phenoxy) is 1. The van der Waals surface area contributed by atoms with Crippen LogP contribution in [-0.2, 0) is 17.7 Å². The van der Waals surface area contributed by atoms with E-state index in [1.54, 1.807) is 7.11 Å². The molecule has 3 heterocycles. The smallest absolute Gasteiger partial charge is 0.231 e. The Morgan fingerprint density at radius 2 is 2.24 bits per heavy atom. The summed E-state index contributed by atoms with van der Waals surface area (Å²) in [4.78, 5) is 6.95. The summed E-state index contributed by atoms with van der Waals surface area (Å²) in [6, 6.07) is 10.3. The van der Waals surface area contributed by atoms with Crippen LogP contribution in [0.1, 0.15) is 36.2 Å². The van der Waals surface area contributed by atoms with Gasteiger partial charge in [0.15, 0.2) is 5.82 Å².